The molecule has 2 heterocycles. The van der Waals surface area contributed by atoms with Gasteiger partial charge >= 0.3 is 0 Å². The fourth-order valence-electron chi connectivity index (χ4n) is 4.02. The Bertz CT molecular complexity index is 1240. The lowest BCUT2D eigenvalue weighted by molar-refractivity contribution is 0.0727. The molecule has 34 heavy (non-hydrogen) atoms. The second-order valence-electron chi connectivity index (χ2n) is 8.26. The van der Waals surface area contributed by atoms with Crippen molar-refractivity contribution in [2.45, 2.75) is 19.5 Å². The molecule has 5 rings (SSSR count). The zero-order valence-electron chi connectivity index (χ0n) is 18.9. The van der Waals surface area contributed by atoms with Crippen molar-refractivity contribution < 1.29 is 14.3 Å². The Morgan fingerprint density at radius 1 is 0.765 bits per heavy atom. The fourth-order valence-corrected chi connectivity index (χ4v) is 4.02. The van der Waals surface area contributed by atoms with E-state index >= 15 is 0 Å². The van der Waals surface area contributed by atoms with Crippen molar-refractivity contribution in [3.8, 4) is 22.6 Å². The molecule has 0 saturated heterocycles. The Morgan fingerprint density at radius 3 is 2.26 bits per heavy atom. The molecule has 1 amide bonds. The van der Waals surface area contributed by atoms with Gasteiger partial charge in [-0.2, -0.15) is 0 Å². The second kappa shape index (κ2) is 10.2. The predicted molar refractivity (Wildman–Crippen MR) is 132 cm³/mol. The molecule has 170 valence electrons. The zero-order chi connectivity index (χ0) is 23.2. The number of hydrogen-bond donors (Lipinski definition) is 0. The van der Waals surface area contributed by atoms with Crippen molar-refractivity contribution in [1.82, 2.24) is 9.88 Å². The number of ether oxygens (including phenoxy) is 2. The van der Waals surface area contributed by atoms with Crippen LogP contribution in [0.25, 0.3) is 11.1 Å². The Hall–Kier alpha value is -4.12. The van der Waals surface area contributed by atoms with Gasteiger partial charge in [0.25, 0.3) is 5.91 Å². The summed E-state index contributed by atoms with van der Waals surface area (Å²) in [6, 6.07) is 29.8. The van der Waals surface area contributed by atoms with Crippen LogP contribution in [0.2, 0.25) is 0 Å². The highest BCUT2D eigenvalue weighted by molar-refractivity contribution is 5.95. The van der Waals surface area contributed by atoms with Crippen LogP contribution in [-0.2, 0) is 13.1 Å². The molecule has 0 saturated carbocycles. The summed E-state index contributed by atoms with van der Waals surface area (Å²) in [4.78, 5) is 19.9. The van der Waals surface area contributed by atoms with Crippen LogP contribution in [0.4, 0.5) is 0 Å². The minimum absolute atomic E-state index is 0.0755. The summed E-state index contributed by atoms with van der Waals surface area (Å²) in [6.07, 6.45) is 2.57. The minimum atomic E-state index is -0.0755. The van der Waals surface area contributed by atoms with Gasteiger partial charge in [-0.1, -0.05) is 60.7 Å². The number of hydrogen-bond acceptors (Lipinski definition) is 4. The lowest BCUT2D eigenvalue weighted by Crippen LogP contribution is -2.30. The monoisotopic (exact) mass is 450 g/mol. The number of nitrogens with zero attached hydrogens (tertiary/aromatic N) is 2. The van der Waals surface area contributed by atoms with Crippen molar-refractivity contribution in [2.75, 3.05) is 13.2 Å². The van der Waals surface area contributed by atoms with Crippen LogP contribution in [0.5, 0.6) is 11.5 Å². The summed E-state index contributed by atoms with van der Waals surface area (Å²) in [5.74, 6) is 1.23. The number of pyridine rings is 1. The van der Waals surface area contributed by atoms with E-state index in [0.29, 0.717) is 43.4 Å². The van der Waals surface area contributed by atoms with Gasteiger partial charge in [-0.05, 0) is 47.0 Å². The minimum Gasteiger partial charge on any atom is -0.490 e. The smallest absolute Gasteiger partial charge is 0.254 e. The number of aromatic nitrogens is 1. The average molecular weight is 451 g/mol. The zero-order valence-corrected chi connectivity index (χ0v) is 18.9. The number of benzene rings is 3. The van der Waals surface area contributed by atoms with Crippen LogP contribution in [-0.4, -0.2) is 29.0 Å². The predicted octanol–water partition coefficient (Wildman–Crippen LogP) is 5.75. The average Bonchev–Trinajstić information content (AvgIpc) is 3.14. The van der Waals surface area contributed by atoms with Crippen molar-refractivity contribution >= 4 is 5.91 Å². The molecule has 0 aliphatic carbocycles. The first kappa shape index (κ1) is 21.7. The van der Waals surface area contributed by atoms with E-state index in [4.69, 9.17) is 9.47 Å². The van der Waals surface area contributed by atoms with Gasteiger partial charge in [-0.15, -0.1) is 0 Å². The van der Waals surface area contributed by atoms with Gasteiger partial charge in [0.1, 0.15) is 0 Å². The van der Waals surface area contributed by atoms with Gasteiger partial charge in [-0.3, -0.25) is 9.78 Å². The van der Waals surface area contributed by atoms with Gasteiger partial charge in [-0.25, -0.2) is 0 Å². The molecule has 0 fully saturated rings. The first-order valence-electron chi connectivity index (χ1n) is 11.5. The Morgan fingerprint density at radius 2 is 1.50 bits per heavy atom. The van der Waals surface area contributed by atoms with E-state index in [1.807, 2.05) is 47.4 Å². The Balaban J connectivity index is 1.40. The summed E-state index contributed by atoms with van der Waals surface area (Å²) < 4.78 is 11.5. The van der Waals surface area contributed by atoms with Gasteiger partial charge in [0.15, 0.2) is 11.5 Å². The Labute approximate surface area is 199 Å². The first-order valence-corrected chi connectivity index (χ1v) is 11.5. The normalized spacial score (nSPS) is 12.6. The molecule has 0 atom stereocenters. The van der Waals surface area contributed by atoms with Crippen LogP contribution in [0.1, 0.15) is 28.0 Å². The van der Waals surface area contributed by atoms with E-state index in [1.54, 1.807) is 18.3 Å². The van der Waals surface area contributed by atoms with Gasteiger partial charge in [0.05, 0.1) is 25.5 Å². The molecule has 3 aromatic carbocycles. The maximum absolute atomic E-state index is 13.6. The first-order chi connectivity index (χ1) is 16.8. The van der Waals surface area contributed by atoms with Gasteiger partial charge in [0.2, 0.25) is 0 Å². The highest BCUT2D eigenvalue weighted by Gasteiger charge is 2.20. The van der Waals surface area contributed by atoms with Crippen LogP contribution in [0, 0.1) is 0 Å². The third-order valence-corrected chi connectivity index (χ3v) is 5.80. The maximum atomic E-state index is 13.6. The summed E-state index contributed by atoms with van der Waals surface area (Å²) in [5.41, 5.74) is 4.78. The van der Waals surface area contributed by atoms with Crippen molar-refractivity contribution in [3.05, 3.63) is 114 Å². The second-order valence-corrected chi connectivity index (χ2v) is 8.26. The molecule has 0 radical (unpaired) electrons. The number of carbonyl (C=O) groups excluding carboxylic acids is 1. The molecule has 0 bridgehead atoms. The van der Waals surface area contributed by atoms with Crippen LogP contribution >= 0.6 is 0 Å². The quantitative estimate of drug-likeness (QED) is 0.375. The SMILES string of the molecule is O=C(c1ccc2c(c1)OCCCO2)N(Cc1ccc(-c2ccccc2)cc1)Cc1ccccn1. The van der Waals surface area contributed by atoms with E-state index < -0.39 is 0 Å². The van der Waals surface area contributed by atoms with Gasteiger partial charge in [0, 0.05) is 24.7 Å². The topological polar surface area (TPSA) is 51.7 Å². The highest BCUT2D eigenvalue weighted by Crippen LogP contribution is 2.31. The standard InChI is InChI=1S/C29H26N2O3/c32-29(25-14-15-27-28(19-25)34-18-6-17-33-27)31(21-26-9-4-5-16-30-26)20-22-10-12-24(13-11-22)23-7-2-1-3-8-23/h1-5,7-16,19H,6,17-18,20-21H2. The lowest BCUT2D eigenvalue weighted by atomic mass is 10.0. The molecule has 1 aromatic heterocycles. The van der Waals surface area contributed by atoms with E-state index in [-0.39, 0.29) is 5.91 Å². The molecule has 1 aliphatic heterocycles. The van der Waals surface area contributed by atoms with E-state index in [1.165, 1.54) is 5.56 Å². The highest BCUT2D eigenvalue weighted by atomic mass is 16.5. The summed E-state index contributed by atoms with van der Waals surface area (Å²) in [6.45, 7) is 2.08. The van der Waals surface area contributed by atoms with Crippen LogP contribution in [0.3, 0.4) is 0 Å². The van der Waals surface area contributed by atoms with Crippen LogP contribution in [0.15, 0.2) is 97.2 Å². The number of amides is 1. The summed E-state index contributed by atoms with van der Waals surface area (Å²) in [7, 11) is 0. The molecule has 4 aromatic rings. The van der Waals surface area contributed by atoms with Crippen molar-refractivity contribution in [1.29, 1.82) is 0 Å². The molecule has 0 N–H and O–H groups in total. The van der Waals surface area contributed by atoms with E-state index in [9.17, 15) is 4.79 Å². The largest absolute Gasteiger partial charge is 0.490 e. The molecule has 1 aliphatic rings. The fraction of sp³-hybridized carbons (Fsp3) is 0.172. The molecular weight excluding hydrogens is 424 g/mol. The van der Waals surface area contributed by atoms with Gasteiger partial charge < -0.3 is 14.4 Å². The third-order valence-electron chi connectivity index (χ3n) is 5.80. The summed E-state index contributed by atoms with van der Waals surface area (Å²) >= 11 is 0. The maximum Gasteiger partial charge on any atom is 0.254 e. The molecule has 0 unspecified atom stereocenters. The number of fused-ring (bicyclic) bond motifs is 1. The Kier molecular flexibility index (Phi) is 6.52. The van der Waals surface area contributed by atoms with Crippen LogP contribution < -0.4 is 9.47 Å². The van der Waals surface area contributed by atoms with E-state index in [0.717, 1.165) is 23.2 Å². The lowest BCUT2D eigenvalue weighted by Gasteiger charge is -2.23. The van der Waals surface area contributed by atoms with E-state index in [2.05, 4.69) is 41.4 Å². The number of carbonyl (C=O) groups is 1. The molecule has 0 spiro atoms. The number of rotatable bonds is 6. The molecular formula is C29H26N2O3. The molecule has 5 nitrogen and oxygen atoms in total. The third kappa shape index (κ3) is 5.09. The molecule has 5 heteroatoms. The summed E-state index contributed by atoms with van der Waals surface area (Å²) in [5, 5.41) is 0. The van der Waals surface area contributed by atoms with Crippen molar-refractivity contribution in [3.63, 3.8) is 0 Å². The van der Waals surface area contributed by atoms with Crippen molar-refractivity contribution in [2.24, 2.45) is 0 Å².